The fourth-order valence-corrected chi connectivity index (χ4v) is 3.77. The molecule has 1 aromatic heterocycles. The SMILES string of the molecule is NC1=N[C@](CF)(c2cc(CC(=O)c3cnc(OCF)cn3)ccc2F)CC2(COC2)O1. The molecule has 0 radical (unpaired) electrons. The molecule has 1 aromatic carbocycles. The second-order valence-corrected chi connectivity index (χ2v) is 7.48. The van der Waals surface area contributed by atoms with E-state index >= 15 is 0 Å². The van der Waals surface area contributed by atoms with Gasteiger partial charge in [0.25, 0.3) is 6.02 Å². The predicted octanol–water partition coefficient (Wildman–Crippen LogP) is 2.02. The number of ketones is 1. The van der Waals surface area contributed by atoms with Gasteiger partial charge in [-0.3, -0.25) is 4.79 Å². The van der Waals surface area contributed by atoms with Gasteiger partial charge in [0.15, 0.2) is 11.4 Å². The number of aliphatic imine (C=N–C) groups is 1. The van der Waals surface area contributed by atoms with E-state index in [1.54, 1.807) is 0 Å². The number of alkyl halides is 2. The van der Waals surface area contributed by atoms with Crippen molar-refractivity contribution in [3.8, 4) is 5.88 Å². The minimum Gasteiger partial charge on any atom is -0.454 e. The summed E-state index contributed by atoms with van der Waals surface area (Å²) in [5.41, 5.74) is 3.77. The van der Waals surface area contributed by atoms with Crippen LogP contribution in [0.4, 0.5) is 13.2 Å². The Morgan fingerprint density at radius 1 is 1.23 bits per heavy atom. The lowest BCUT2D eigenvalue weighted by atomic mass is 9.77. The third-order valence-electron chi connectivity index (χ3n) is 5.22. The number of carbonyl (C=O) groups excluding carboxylic acids is 1. The Hall–Kier alpha value is -3.21. The van der Waals surface area contributed by atoms with Crippen LogP contribution in [-0.4, -0.2) is 54.1 Å². The van der Waals surface area contributed by atoms with Gasteiger partial charge in [-0.05, 0) is 17.7 Å². The maximum atomic E-state index is 14.8. The van der Waals surface area contributed by atoms with Crippen LogP contribution in [0.3, 0.4) is 0 Å². The molecule has 1 spiro atoms. The van der Waals surface area contributed by atoms with E-state index in [1.807, 2.05) is 0 Å². The Labute approximate surface area is 175 Å². The number of hydrogen-bond donors (Lipinski definition) is 1. The molecular weight excluding hydrogens is 417 g/mol. The zero-order chi connectivity index (χ0) is 22.1. The molecule has 8 nitrogen and oxygen atoms in total. The first kappa shape index (κ1) is 21.0. The Bertz CT molecular complexity index is 1010. The zero-order valence-electron chi connectivity index (χ0n) is 16.3. The van der Waals surface area contributed by atoms with Crippen molar-refractivity contribution < 1.29 is 32.2 Å². The summed E-state index contributed by atoms with van der Waals surface area (Å²) in [6.45, 7) is -1.67. The highest BCUT2D eigenvalue weighted by atomic mass is 19.1. The number of amidine groups is 1. The summed E-state index contributed by atoms with van der Waals surface area (Å²) in [7, 11) is 0. The third-order valence-corrected chi connectivity index (χ3v) is 5.22. The van der Waals surface area contributed by atoms with Crippen LogP contribution in [-0.2, 0) is 21.4 Å². The molecule has 0 amide bonds. The number of nitrogens with zero attached hydrogens (tertiary/aromatic N) is 3. The summed E-state index contributed by atoms with van der Waals surface area (Å²) >= 11 is 0. The molecular formula is C20H19F3N4O4. The lowest BCUT2D eigenvalue weighted by Gasteiger charge is -2.48. The highest BCUT2D eigenvalue weighted by Gasteiger charge is 2.53. The molecule has 2 aliphatic heterocycles. The number of nitrogens with two attached hydrogens (primary N) is 1. The van der Waals surface area contributed by atoms with Gasteiger partial charge < -0.3 is 19.9 Å². The predicted molar refractivity (Wildman–Crippen MR) is 102 cm³/mol. The first-order chi connectivity index (χ1) is 14.9. The summed E-state index contributed by atoms with van der Waals surface area (Å²) in [6.07, 6.45) is 2.19. The smallest absolute Gasteiger partial charge is 0.283 e. The first-order valence-electron chi connectivity index (χ1n) is 9.40. The zero-order valence-corrected chi connectivity index (χ0v) is 16.3. The van der Waals surface area contributed by atoms with Gasteiger partial charge in [0.2, 0.25) is 12.7 Å². The van der Waals surface area contributed by atoms with Gasteiger partial charge in [0.1, 0.15) is 23.7 Å². The van der Waals surface area contributed by atoms with Crippen molar-refractivity contribution in [2.24, 2.45) is 10.7 Å². The van der Waals surface area contributed by atoms with Crippen LogP contribution in [0.15, 0.2) is 35.6 Å². The molecule has 3 heterocycles. The van der Waals surface area contributed by atoms with Crippen molar-refractivity contribution in [2.45, 2.75) is 24.0 Å². The molecule has 1 atom stereocenters. The highest BCUT2D eigenvalue weighted by Crippen LogP contribution is 2.44. The Balaban J connectivity index is 1.60. The van der Waals surface area contributed by atoms with E-state index in [0.29, 0.717) is 5.56 Å². The normalized spacial score (nSPS) is 21.7. The molecule has 2 N–H and O–H groups in total. The van der Waals surface area contributed by atoms with Crippen LogP contribution in [0.5, 0.6) is 5.88 Å². The van der Waals surface area contributed by atoms with E-state index in [9.17, 15) is 18.0 Å². The van der Waals surface area contributed by atoms with Crippen LogP contribution in [0.2, 0.25) is 0 Å². The standard InChI is InChI=1S/C20H19F3N4O4/c21-8-20(7-19(9-29-10-19)31-18(24)27-20)13-3-12(1-2-14(13)23)4-16(28)15-5-26-17(6-25-15)30-11-22/h1-3,5-6H,4,7-11H2,(H2,24,27)/t20-/m1/s1. The van der Waals surface area contributed by atoms with E-state index in [0.717, 1.165) is 18.5 Å². The molecule has 31 heavy (non-hydrogen) atoms. The van der Waals surface area contributed by atoms with Gasteiger partial charge in [0.05, 0.1) is 25.6 Å². The number of halogens is 3. The van der Waals surface area contributed by atoms with Crippen molar-refractivity contribution >= 4 is 11.8 Å². The summed E-state index contributed by atoms with van der Waals surface area (Å²) in [5, 5.41) is 0. The van der Waals surface area contributed by atoms with Gasteiger partial charge in [-0.1, -0.05) is 6.07 Å². The van der Waals surface area contributed by atoms with Gasteiger partial charge in [0, 0.05) is 18.4 Å². The van der Waals surface area contributed by atoms with E-state index < -0.39 is 36.3 Å². The van der Waals surface area contributed by atoms with Gasteiger partial charge >= 0.3 is 0 Å². The minimum atomic E-state index is -1.58. The summed E-state index contributed by atoms with van der Waals surface area (Å²) < 4.78 is 56.5. The number of benzene rings is 1. The summed E-state index contributed by atoms with van der Waals surface area (Å²) in [4.78, 5) is 24.3. The molecule has 0 aliphatic carbocycles. The molecule has 164 valence electrons. The topological polar surface area (TPSA) is 109 Å². The Morgan fingerprint density at radius 3 is 2.65 bits per heavy atom. The fourth-order valence-electron chi connectivity index (χ4n) is 3.77. The van der Waals surface area contributed by atoms with E-state index in [4.69, 9.17) is 15.2 Å². The molecule has 1 saturated heterocycles. The number of rotatable bonds is 7. The maximum absolute atomic E-state index is 14.8. The second kappa shape index (κ2) is 8.14. The molecule has 1 fully saturated rings. The number of carbonyl (C=O) groups is 1. The van der Waals surface area contributed by atoms with Gasteiger partial charge in [-0.15, -0.1) is 0 Å². The van der Waals surface area contributed by atoms with Crippen LogP contribution in [0, 0.1) is 5.82 Å². The average Bonchev–Trinajstić information content (AvgIpc) is 2.74. The molecule has 0 bridgehead atoms. The Morgan fingerprint density at radius 2 is 2.03 bits per heavy atom. The van der Waals surface area contributed by atoms with E-state index in [2.05, 4.69) is 19.7 Å². The maximum Gasteiger partial charge on any atom is 0.283 e. The van der Waals surface area contributed by atoms with Crippen molar-refractivity contribution in [2.75, 3.05) is 26.7 Å². The first-order valence-corrected chi connectivity index (χ1v) is 9.40. The van der Waals surface area contributed by atoms with E-state index in [-0.39, 0.29) is 49.2 Å². The molecule has 0 unspecified atom stereocenters. The number of Topliss-reactive ketones (excluding diaryl/α,β-unsaturated/α-hetero) is 1. The monoisotopic (exact) mass is 436 g/mol. The molecule has 2 aliphatic rings. The summed E-state index contributed by atoms with van der Waals surface area (Å²) in [5.74, 6) is -1.14. The largest absolute Gasteiger partial charge is 0.454 e. The highest BCUT2D eigenvalue weighted by molar-refractivity contribution is 5.95. The lowest BCUT2D eigenvalue weighted by Crippen LogP contribution is -2.60. The van der Waals surface area contributed by atoms with Crippen molar-refractivity contribution in [3.05, 3.63) is 53.2 Å². The van der Waals surface area contributed by atoms with Crippen LogP contribution < -0.4 is 10.5 Å². The number of hydrogen-bond acceptors (Lipinski definition) is 8. The van der Waals surface area contributed by atoms with Crippen molar-refractivity contribution in [1.82, 2.24) is 9.97 Å². The Kier molecular flexibility index (Phi) is 5.52. The molecule has 11 heteroatoms. The van der Waals surface area contributed by atoms with Gasteiger partial charge in [-0.2, -0.15) is 0 Å². The fraction of sp³-hybridized carbons (Fsp3) is 0.400. The minimum absolute atomic E-state index is 0.0180. The molecule has 4 rings (SSSR count). The van der Waals surface area contributed by atoms with Crippen LogP contribution in [0.1, 0.15) is 28.0 Å². The van der Waals surface area contributed by atoms with Gasteiger partial charge in [-0.25, -0.2) is 28.1 Å². The summed E-state index contributed by atoms with van der Waals surface area (Å²) in [6, 6.07) is 3.74. The number of ether oxygens (including phenoxy) is 3. The molecule has 2 aromatic rings. The average molecular weight is 436 g/mol. The van der Waals surface area contributed by atoms with Crippen LogP contribution >= 0.6 is 0 Å². The lowest BCUT2D eigenvalue weighted by molar-refractivity contribution is -0.189. The van der Waals surface area contributed by atoms with Crippen LogP contribution in [0.25, 0.3) is 0 Å². The van der Waals surface area contributed by atoms with E-state index in [1.165, 1.54) is 12.1 Å². The van der Waals surface area contributed by atoms with Crippen molar-refractivity contribution in [1.29, 1.82) is 0 Å². The second-order valence-electron chi connectivity index (χ2n) is 7.48. The molecule has 0 saturated carbocycles. The quantitative estimate of drug-likeness (QED) is 0.662. The third kappa shape index (κ3) is 4.05. The van der Waals surface area contributed by atoms with Crippen molar-refractivity contribution in [3.63, 3.8) is 0 Å². The number of aromatic nitrogens is 2.